The SMILES string of the molecule is O=C(CCC1=CCNCC1)Oc1ccccc1C(F)(F)F. The Bertz CT molecular complexity index is 538. The Labute approximate surface area is 120 Å². The van der Waals surface area contributed by atoms with E-state index >= 15 is 0 Å². The van der Waals surface area contributed by atoms with Crippen molar-refractivity contribution in [2.45, 2.75) is 25.4 Å². The minimum atomic E-state index is -4.53. The molecule has 21 heavy (non-hydrogen) atoms. The summed E-state index contributed by atoms with van der Waals surface area (Å²) in [6, 6.07) is 4.73. The Balaban J connectivity index is 1.95. The third-order valence-corrected chi connectivity index (χ3v) is 3.22. The second-order valence-corrected chi connectivity index (χ2v) is 4.78. The Hall–Kier alpha value is -1.82. The number of alkyl halides is 3. The standard InChI is InChI=1S/C15H16F3NO2/c16-15(17,18)12-3-1-2-4-13(12)21-14(20)6-5-11-7-9-19-10-8-11/h1-4,7,19H,5-6,8-10H2. The summed E-state index contributed by atoms with van der Waals surface area (Å²) < 4.78 is 43.2. The van der Waals surface area contributed by atoms with Crippen LogP contribution in [0.25, 0.3) is 0 Å². The molecule has 2 rings (SSSR count). The number of hydrogen-bond acceptors (Lipinski definition) is 3. The van der Waals surface area contributed by atoms with Crippen molar-refractivity contribution in [2.75, 3.05) is 13.1 Å². The maximum Gasteiger partial charge on any atom is 0.419 e. The molecule has 0 atom stereocenters. The molecule has 0 saturated carbocycles. The largest absolute Gasteiger partial charge is 0.426 e. The van der Waals surface area contributed by atoms with Crippen LogP contribution in [0.2, 0.25) is 0 Å². The lowest BCUT2D eigenvalue weighted by Crippen LogP contribution is -2.21. The number of para-hydroxylation sites is 1. The molecule has 0 bridgehead atoms. The number of hydrogen-bond donors (Lipinski definition) is 1. The monoisotopic (exact) mass is 299 g/mol. The summed E-state index contributed by atoms with van der Waals surface area (Å²) >= 11 is 0. The molecular formula is C15H16F3NO2. The van der Waals surface area contributed by atoms with Gasteiger partial charge in [-0.25, -0.2) is 0 Å². The van der Waals surface area contributed by atoms with E-state index in [1.165, 1.54) is 12.1 Å². The highest BCUT2D eigenvalue weighted by molar-refractivity contribution is 5.73. The first-order chi connectivity index (χ1) is 9.97. The minimum Gasteiger partial charge on any atom is -0.426 e. The number of rotatable bonds is 4. The van der Waals surface area contributed by atoms with Crippen molar-refractivity contribution in [3.8, 4) is 5.75 Å². The molecule has 0 fully saturated rings. The summed E-state index contributed by atoms with van der Waals surface area (Å²) in [6.07, 6.45) is -1.08. The number of carbonyl (C=O) groups is 1. The van der Waals surface area contributed by atoms with E-state index in [1.807, 2.05) is 6.08 Å². The topological polar surface area (TPSA) is 38.3 Å². The van der Waals surface area contributed by atoms with E-state index in [4.69, 9.17) is 4.74 Å². The zero-order valence-electron chi connectivity index (χ0n) is 11.4. The predicted molar refractivity (Wildman–Crippen MR) is 71.9 cm³/mol. The predicted octanol–water partition coefficient (Wildman–Crippen LogP) is 3.31. The quantitative estimate of drug-likeness (QED) is 0.526. The summed E-state index contributed by atoms with van der Waals surface area (Å²) in [6.45, 7) is 1.62. The molecule has 114 valence electrons. The highest BCUT2D eigenvalue weighted by Gasteiger charge is 2.34. The first kappa shape index (κ1) is 15.6. The fourth-order valence-electron chi connectivity index (χ4n) is 2.12. The molecular weight excluding hydrogens is 283 g/mol. The van der Waals surface area contributed by atoms with Gasteiger partial charge in [0.15, 0.2) is 0 Å². The second-order valence-electron chi connectivity index (χ2n) is 4.78. The van der Waals surface area contributed by atoms with Gasteiger partial charge in [-0.1, -0.05) is 23.8 Å². The van der Waals surface area contributed by atoms with Gasteiger partial charge in [0.25, 0.3) is 0 Å². The van der Waals surface area contributed by atoms with Crippen molar-refractivity contribution in [3.05, 3.63) is 41.5 Å². The third-order valence-electron chi connectivity index (χ3n) is 3.22. The minimum absolute atomic E-state index is 0.0814. The number of ether oxygens (including phenoxy) is 1. The second kappa shape index (κ2) is 6.76. The molecule has 0 radical (unpaired) electrons. The van der Waals surface area contributed by atoms with Crippen LogP contribution in [0.1, 0.15) is 24.8 Å². The summed E-state index contributed by atoms with van der Waals surface area (Å²) in [7, 11) is 0. The van der Waals surface area contributed by atoms with Crippen LogP contribution in [-0.4, -0.2) is 19.1 Å². The van der Waals surface area contributed by atoms with Gasteiger partial charge in [-0.05, 0) is 31.5 Å². The Morgan fingerprint density at radius 3 is 2.71 bits per heavy atom. The van der Waals surface area contributed by atoms with Crippen molar-refractivity contribution in [3.63, 3.8) is 0 Å². The van der Waals surface area contributed by atoms with Gasteiger partial charge in [-0.3, -0.25) is 4.79 Å². The van der Waals surface area contributed by atoms with Crippen LogP contribution >= 0.6 is 0 Å². The molecule has 1 aliphatic rings. The van der Waals surface area contributed by atoms with Gasteiger partial charge < -0.3 is 10.1 Å². The number of nitrogens with one attached hydrogen (secondary N) is 1. The van der Waals surface area contributed by atoms with Gasteiger partial charge in [-0.2, -0.15) is 13.2 Å². The van der Waals surface area contributed by atoms with Crippen LogP contribution < -0.4 is 10.1 Å². The number of benzene rings is 1. The average Bonchev–Trinajstić information content (AvgIpc) is 2.46. The number of esters is 1. The van der Waals surface area contributed by atoms with Crippen molar-refractivity contribution >= 4 is 5.97 Å². The van der Waals surface area contributed by atoms with Gasteiger partial charge in [-0.15, -0.1) is 0 Å². The molecule has 0 spiro atoms. The van der Waals surface area contributed by atoms with E-state index in [0.717, 1.165) is 37.2 Å². The molecule has 0 amide bonds. The van der Waals surface area contributed by atoms with Gasteiger partial charge in [0.2, 0.25) is 0 Å². The van der Waals surface area contributed by atoms with Gasteiger partial charge >= 0.3 is 12.1 Å². The fraction of sp³-hybridized carbons (Fsp3) is 0.400. The van der Waals surface area contributed by atoms with Crippen molar-refractivity contribution < 1.29 is 22.7 Å². The highest BCUT2D eigenvalue weighted by Crippen LogP contribution is 2.36. The molecule has 1 aliphatic heterocycles. The molecule has 6 heteroatoms. The van der Waals surface area contributed by atoms with Gasteiger partial charge in [0.05, 0.1) is 5.56 Å². The Kier molecular flexibility index (Phi) is 5.01. The summed E-state index contributed by atoms with van der Waals surface area (Å²) in [4.78, 5) is 11.7. The molecule has 1 heterocycles. The van der Waals surface area contributed by atoms with Crippen LogP contribution in [0.4, 0.5) is 13.2 Å². The van der Waals surface area contributed by atoms with E-state index < -0.39 is 23.5 Å². The lowest BCUT2D eigenvalue weighted by atomic mass is 10.0. The van der Waals surface area contributed by atoms with Crippen LogP contribution in [0.15, 0.2) is 35.9 Å². The Morgan fingerprint density at radius 2 is 2.05 bits per heavy atom. The summed E-state index contributed by atoms with van der Waals surface area (Å²) in [5.41, 5.74) is 0.203. The zero-order valence-corrected chi connectivity index (χ0v) is 11.4. The molecule has 0 aromatic heterocycles. The van der Waals surface area contributed by atoms with E-state index in [9.17, 15) is 18.0 Å². The van der Waals surface area contributed by atoms with E-state index in [1.54, 1.807) is 0 Å². The molecule has 3 nitrogen and oxygen atoms in total. The molecule has 0 aliphatic carbocycles. The van der Waals surface area contributed by atoms with Crippen LogP contribution in [0.5, 0.6) is 5.75 Å². The maximum atomic E-state index is 12.8. The van der Waals surface area contributed by atoms with Crippen molar-refractivity contribution in [1.82, 2.24) is 5.32 Å². The number of carbonyl (C=O) groups excluding carboxylic acids is 1. The molecule has 0 unspecified atom stereocenters. The molecule has 1 aromatic carbocycles. The number of halogens is 3. The van der Waals surface area contributed by atoms with Gasteiger partial charge in [0, 0.05) is 13.0 Å². The van der Waals surface area contributed by atoms with Gasteiger partial charge in [0.1, 0.15) is 5.75 Å². The first-order valence-corrected chi connectivity index (χ1v) is 6.72. The fourth-order valence-corrected chi connectivity index (χ4v) is 2.12. The average molecular weight is 299 g/mol. The maximum absolute atomic E-state index is 12.8. The van der Waals surface area contributed by atoms with Crippen LogP contribution in [-0.2, 0) is 11.0 Å². The third kappa shape index (κ3) is 4.60. The molecule has 0 saturated heterocycles. The van der Waals surface area contributed by atoms with Crippen molar-refractivity contribution in [2.24, 2.45) is 0 Å². The zero-order chi connectivity index (χ0) is 15.3. The van der Waals surface area contributed by atoms with Crippen LogP contribution in [0, 0.1) is 0 Å². The molecule has 1 N–H and O–H groups in total. The summed E-state index contributed by atoms with van der Waals surface area (Å²) in [5, 5.41) is 3.15. The van der Waals surface area contributed by atoms with E-state index in [0.29, 0.717) is 6.42 Å². The lowest BCUT2D eigenvalue weighted by Gasteiger charge is -2.14. The van der Waals surface area contributed by atoms with Crippen LogP contribution in [0.3, 0.4) is 0 Å². The summed E-state index contributed by atoms with van der Waals surface area (Å²) in [5.74, 6) is -1.08. The van der Waals surface area contributed by atoms with Crippen molar-refractivity contribution in [1.29, 1.82) is 0 Å². The Morgan fingerprint density at radius 1 is 1.29 bits per heavy atom. The highest BCUT2D eigenvalue weighted by atomic mass is 19.4. The smallest absolute Gasteiger partial charge is 0.419 e. The molecule has 1 aromatic rings. The normalized spacial score (nSPS) is 15.5. The lowest BCUT2D eigenvalue weighted by molar-refractivity contribution is -0.142. The first-order valence-electron chi connectivity index (χ1n) is 6.72. The van der Waals surface area contributed by atoms with E-state index in [2.05, 4.69) is 5.32 Å². The van der Waals surface area contributed by atoms with E-state index in [-0.39, 0.29) is 6.42 Å².